The minimum Gasteiger partial charge on any atom is -0.493 e. The van der Waals surface area contributed by atoms with Crippen molar-refractivity contribution in [2.45, 2.75) is 25.4 Å². The second kappa shape index (κ2) is 6.95. The van der Waals surface area contributed by atoms with Crippen LogP contribution in [0.25, 0.3) is 0 Å². The van der Waals surface area contributed by atoms with E-state index in [0.717, 1.165) is 29.4 Å². The molecule has 1 aliphatic rings. The van der Waals surface area contributed by atoms with Crippen molar-refractivity contribution in [3.63, 3.8) is 0 Å². The molecule has 1 aromatic carbocycles. The summed E-state index contributed by atoms with van der Waals surface area (Å²) in [6.07, 6.45) is 2.13. The molecule has 5 nitrogen and oxygen atoms in total. The summed E-state index contributed by atoms with van der Waals surface area (Å²) < 4.78 is 11.7. The van der Waals surface area contributed by atoms with E-state index in [1.165, 1.54) is 0 Å². The van der Waals surface area contributed by atoms with Crippen molar-refractivity contribution in [2.75, 3.05) is 20.8 Å². The zero-order chi connectivity index (χ0) is 14.5. The Morgan fingerprint density at radius 1 is 1.45 bits per heavy atom. The van der Waals surface area contributed by atoms with Gasteiger partial charge in [-0.25, -0.2) is 0 Å². The van der Waals surface area contributed by atoms with E-state index in [2.05, 4.69) is 26.6 Å². The number of halogens is 1. The number of benzene rings is 1. The van der Waals surface area contributed by atoms with Crippen LogP contribution in [0.15, 0.2) is 16.6 Å². The van der Waals surface area contributed by atoms with Gasteiger partial charge >= 0.3 is 0 Å². The minimum atomic E-state index is -0.0965. The third-order valence-electron chi connectivity index (χ3n) is 2.96. The molecular weight excluding hydrogens is 324 g/mol. The molecule has 0 radical (unpaired) electrons. The third kappa shape index (κ3) is 4.11. The Morgan fingerprint density at radius 2 is 2.20 bits per heavy atom. The van der Waals surface area contributed by atoms with E-state index < -0.39 is 0 Å². The zero-order valence-electron chi connectivity index (χ0n) is 11.7. The van der Waals surface area contributed by atoms with E-state index >= 15 is 0 Å². The van der Waals surface area contributed by atoms with E-state index in [1.807, 2.05) is 19.2 Å². The SMILES string of the molecule is CNCc1cc(Br)c(OCC(=O)NC2CC2)c(OC)c1. The number of rotatable bonds is 7. The minimum absolute atomic E-state index is 0.00314. The fourth-order valence-corrected chi connectivity index (χ4v) is 2.46. The van der Waals surface area contributed by atoms with Gasteiger partial charge in [0.25, 0.3) is 5.91 Å². The molecule has 1 saturated carbocycles. The van der Waals surface area contributed by atoms with Crippen LogP contribution in [0.3, 0.4) is 0 Å². The summed E-state index contributed by atoms with van der Waals surface area (Å²) in [5.41, 5.74) is 1.08. The average molecular weight is 343 g/mol. The number of carbonyl (C=O) groups excluding carboxylic acids is 1. The quantitative estimate of drug-likeness (QED) is 0.793. The van der Waals surface area contributed by atoms with Crippen molar-refractivity contribution in [3.05, 3.63) is 22.2 Å². The molecule has 2 N–H and O–H groups in total. The lowest BCUT2D eigenvalue weighted by molar-refractivity contribution is -0.123. The summed E-state index contributed by atoms with van der Waals surface area (Å²) in [7, 11) is 3.47. The lowest BCUT2D eigenvalue weighted by Crippen LogP contribution is -2.30. The maximum atomic E-state index is 11.6. The molecule has 20 heavy (non-hydrogen) atoms. The topological polar surface area (TPSA) is 59.6 Å². The highest BCUT2D eigenvalue weighted by Crippen LogP contribution is 2.36. The molecule has 1 aliphatic carbocycles. The van der Waals surface area contributed by atoms with Crippen molar-refractivity contribution < 1.29 is 14.3 Å². The molecule has 0 aliphatic heterocycles. The average Bonchev–Trinajstić information content (AvgIpc) is 3.21. The molecule has 0 heterocycles. The number of ether oxygens (including phenoxy) is 2. The van der Waals surface area contributed by atoms with Crippen molar-refractivity contribution in [3.8, 4) is 11.5 Å². The lowest BCUT2D eigenvalue weighted by atomic mass is 10.2. The number of methoxy groups -OCH3 is 1. The Balaban J connectivity index is 2.03. The van der Waals surface area contributed by atoms with Crippen molar-refractivity contribution in [2.24, 2.45) is 0 Å². The van der Waals surface area contributed by atoms with Crippen LogP contribution in [0.2, 0.25) is 0 Å². The molecule has 1 fully saturated rings. The maximum absolute atomic E-state index is 11.6. The van der Waals surface area contributed by atoms with Gasteiger partial charge in [-0.05, 0) is 53.5 Å². The first kappa shape index (κ1) is 15.1. The third-order valence-corrected chi connectivity index (χ3v) is 3.55. The normalized spacial score (nSPS) is 13.9. The second-order valence-electron chi connectivity index (χ2n) is 4.77. The Labute approximate surface area is 127 Å². The predicted molar refractivity (Wildman–Crippen MR) is 80.1 cm³/mol. The molecule has 1 aromatic rings. The van der Waals surface area contributed by atoms with Gasteiger partial charge < -0.3 is 20.1 Å². The van der Waals surface area contributed by atoms with Crippen LogP contribution in [0, 0.1) is 0 Å². The standard InChI is InChI=1S/C14H19BrN2O3/c1-16-7-9-5-11(15)14(12(6-9)19-2)20-8-13(18)17-10-3-4-10/h5-6,10,16H,3-4,7-8H2,1-2H3,(H,17,18). The van der Waals surface area contributed by atoms with E-state index in [9.17, 15) is 4.79 Å². The van der Waals surface area contributed by atoms with Crippen LogP contribution in [0.4, 0.5) is 0 Å². The first-order valence-corrected chi connectivity index (χ1v) is 7.36. The summed E-state index contributed by atoms with van der Waals surface area (Å²) in [5, 5.41) is 5.96. The zero-order valence-corrected chi connectivity index (χ0v) is 13.2. The van der Waals surface area contributed by atoms with Crippen LogP contribution in [0.1, 0.15) is 18.4 Å². The Kier molecular flexibility index (Phi) is 5.25. The highest BCUT2D eigenvalue weighted by Gasteiger charge is 2.23. The summed E-state index contributed by atoms with van der Waals surface area (Å²) in [6.45, 7) is 0.730. The van der Waals surface area contributed by atoms with Crippen molar-refractivity contribution in [1.82, 2.24) is 10.6 Å². The van der Waals surface area contributed by atoms with E-state index in [-0.39, 0.29) is 12.5 Å². The van der Waals surface area contributed by atoms with E-state index in [0.29, 0.717) is 17.5 Å². The van der Waals surface area contributed by atoms with Crippen LogP contribution < -0.4 is 20.1 Å². The fraction of sp³-hybridized carbons (Fsp3) is 0.500. The van der Waals surface area contributed by atoms with Gasteiger partial charge in [-0.2, -0.15) is 0 Å². The van der Waals surface area contributed by atoms with Gasteiger partial charge in [0.1, 0.15) is 0 Å². The molecule has 0 saturated heterocycles. The lowest BCUT2D eigenvalue weighted by Gasteiger charge is -2.14. The van der Waals surface area contributed by atoms with Crippen molar-refractivity contribution >= 4 is 21.8 Å². The number of hydrogen-bond donors (Lipinski definition) is 2. The van der Waals surface area contributed by atoms with Crippen LogP contribution in [0.5, 0.6) is 11.5 Å². The van der Waals surface area contributed by atoms with Crippen LogP contribution in [-0.2, 0) is 11.3 Å². The molecule has 1 amide bonds. The molecular formula is C14H19BrN2O3. The van der Waals surface area contributed by atoms with Crippen molar-refractivity contribution in [1.29, 1.82) is 0 Å². The highest BCUT2D eigenvalue weighted by molar-refractivity contribution is 9.10. The highest BCUT2D eigenvalue weighted by atomic mass is 79.9. The molecule has 0 aromatic heterocycles. The van der Waals surface area contributed by atoms with Crippen LogP contribution in [-0.4, -0.2) is 32.7 Å². The van der Waals surface area contributed by atoms with E-state index in [1.54, 1.807) is 7.11 Å². The van der Waals surface area contributed by atoms with Gasteiger partial charge in [0, 0.05) is 12.6 Å². The van der Waals surface area contributed by atoms with Gasteiger partial charge in [0.2, 0.25) is 0 Å². The number of carbonyl (C=O) groups is 1. The monoisotopic (exact) mass is 342 g/mol. The second-order valence-corrected chi connectivity index (χ2v) is 5.62. The predicted octanol–water partition coefficient (Wildman–Crippen LogP) is 1.83. The first-order valence-electron chi connectivity index (χ1n) is 6.57. The summed E-state index contributed by atoms with van der Waals surface area (Å²) >= 11 is 3.46. The molecule has 6 heteroatoms. The van der Waals surface area contributed by atoms with Crippen LogP contribution >= 0.6 is 15.9 Å². The van der Waals surface area contributed by atoms with Gasteiger partial charge in [-0.3, -0.25) is 4.79 Å². The van der Waals surface area contributed by atoms with Gasteiger partial charge in [0.15, 0.2) is 18.1 Å². The van der Waals surface area contributed by atoms with Gasteiger partial charge in [0.05, 0.1) is 11.6 Å². The van der Waals surface area contributed by atoms with Gasteiger partial charge in [-0.1, -0.05) is 0 Å². The summed E-state index contributed by atoms with van der Waals surface area (Å²) in [5.74, 6) is 1.07. The fourth-order valence-electron chi connectivity index (χ4n) is 1.85. The first-order chi connectivity index (χ1) is 9.63. The number of nitrogens with one attached hydrogen (secondary N) is 2. The molecule has 110 valence electrons. The Morgan fingerprint density at radius 3 is 2.80 bits per heavy atom. The number of amides is 1. The maximum Gasteiger partial charge on any atom is 0.258 e. The largest absolute Gasteiger partial charge is 0.493 e. The van der Waals surface area contributed by atoms with E-state index in [4.69, 9.17) is 9.47 Å². The Bertz CT molecular complexity index is 490. The Hall–Kier alpha value is -1.27. The summed E-state index contributed by atoms with van der Waals surface area (Å²) in [4.78, 5) is 11.6. The van der Waals surface area contributed by atoms with Gasteiger partial charge in [-0.15, -0.1) is 0 Å². The molecule has 0 bridgehead atoms. The molecule has 0 spiro atoms. The number of hydrogen-bond acceptors (Lipinski definition) is 4. The smallest absolute Gasteiger partial charge is 0.258 e. The molecule has 2 rings (SSSR count). The summed E-state index contributed by atoms with van der Waals surface area (Å²) in [6, 6.07) is 4.19. The molecule has 0 atom stereocenters. The molecule has 0 unspecified atom stereocenters.